The Hall–Kier alpha value is -2.04. The summed E-state index contributed by atoms with van der Waals surface area (Å²) in [6, 6.07) is 5.64. The van der Waals surface area contributed by atoms with Crippen molar-refractivity contribution in [2.75, 3.05) is 12.4 Å². The summed E-state index contributed by atoms with van der Waals surface area (Å²) in [6.45, 7) is 0.691. The molecule has 0 unspecified atom stereocenters. The van der Waals surface area contributed by atoms with Crippen LogP contribution in [0.2, 0.25) is 0 Å². The third-order valence-electron chi connectivity index (χ3n) is 2.34. The predicted molar refractivity (Wildman–Crippen MR) is 61.3 cm³/mol. The standard InChI is InChI=1S/C11H14N4O/c1-15-9(3-6-14-15)8-13-11-7-10(16-2)4-5-12-11/h3-7H,8H2,1-2H3,(H,12,13). The molecule has 0 atom stereocenters. The summed E-state index contributed by atoms with van der Waals surface area (Å²) < 4.78 is 6.94. The Morgan fingerprint density at radius 1 is 1.38 bits per heavy atom. The first-order valence-electron chi connectivity index (χ1n) is 5.00. The van der Waals surface area contributed by atoms with Crippen LogP contribution in [-0.2, 0) is 13.6 Å². The van der Waals surface area contributed by atoms with Gasteiger partial charge in [0.2, 0.25) is 0 Å². The second-order valence-electron chi connectivity index (χ2n) is 3.38. The van der Waals surface area contributed by atoms with Crippen molar-refractivity contribution >= 4 is 5.82 Å². The molecule has 0 aromatic carbocycles. The SMILES string of the molecule is COc1ccnc(NCc2ccnn2C)c1. The van der Waals surface area contributed by atoms with Crippen LogP contribution < -0.4 is 10.1 Å². The Morgan fingerprint density at radius 3 is 2.94 bits per heavy atom. The number of pyridine rings is 1. The number of anilines is 1. The average Bonchev–Trinajstić information content (AvgIpc) is 2.72. The van der Waals surface area contributed by atoms with Gasteiger partial charge >= 0.3 is 0 Å². The summed E-state index contributed by atoms with van der Waals surface area (Å²) in [5, 5.41) is 7.30. The molecule has 2 aromatic heterocycles. The molecule has 0 saturated heterocycles. The third-order valence-corrected chi connectivity index (χ3v) is 2.34. The largest absolute Gasteiger partial charge is 0.497 e. The van der Waals surface area contributed by atoms with Crippen LogP contribution in [0.5, 0.6) is 5.75 Å². The van der Waals surface area contributed by atoms with Crippen LogP contribution in [0.15, 0.2) is 30.6 Å². The molecule has 2 aromatic rings. The molecule has 0 aliphatic rings. The first kappa shape index (κ1) is 10.5. The van der Waals surface area contributed by atoms with E-state index in [0.29, 0.717) is 6.54 Å². The van der Waals surface area contributed by atoms with E-state index in [1.807, 2.05) is 29.9 Å². The molecule has 5 heteroatoms. The number of rotatable bonds is 4. The van der Waals surface area contributed by atoms with Gasteiger partial charge in [-0.25, -0.2) is 4.98 Å². The van der Waals surface area contributed by atoms with Crippen molar-refractivity contribution in [1.29, 1.82) is 0 Å². The Balaban J connectivity index is 2.02. The number of aromatic nitrogens is 3. The third kappa shape index (κ3) is 2.31. The molecule has 0 spiro atoms. The minimum absolute atomic E-state index is 0.691. The number of ether oxygens (including phenoxy) is 1. The monoisotopic (exact) mass is 218 g/mol. The van der Waals surface area contributed by atoms with E-state index in [0.717, 1.165) is 17.3 Å². The Bertz CT molecular complexity index is 467. The number of hydrogen-bond acceptors (Lipinski definition) is 4. The molecule has 0 amide bonds. The van der Waals surface area contributed by atoms with E-state index >= 15 is 0 Å². The van der Waals surface area contributed by atoms with Crippen LogP contribution in [0.4, 0.5) is 5.82 Å². The van der Waals surface area contributed by atoms with E-state index in [9.17, 15) is 0 Å². The fourth-order valence-corrected chi connectivity index (χ4v) is 1.39. The van der Waals surface area contributed by atoms with Gasteiger partial charge in [0.05, 0.1) is 19.3 Å². The molecule has 84 valence electrons. The fraction of sp³-hybridized carbons (Fsp3) is 0.273. The van der Waals surface area contributed by atoms with Gasteiger partial charge in [0.1, 0.15) is 11.6 Å². The van der Waals surface area contributed by atoms with E-state index in [1.165, 1.54) is 0 Å². The highest BCUT2D eigenvalue weighted by Gasteiger charge is 2.00. The van der Waals surface area contributed by atoms with Gasteiger partial charge in [-0.2, -0.15) is 5.10 Å². The van der Waals surface area contributed by atoms with Crippen LogP contribution in [0.1, 0.15) is 5.69 Å². The minimum atomic E-state index is 0.691. The lowest BCUT2D eigenvalue weighted by molar-refractivity contribution is 0.414. The lowest BCUT2D eigenvalue weighted by Gasteiger charge is -2.07. The minimum Gasteiger partial charge on any atom is -0.497 e. The highest BCUT2D eigenvalue weighted by Crippen LogP contribution is 2.14. The maximum Gasteiger partial charge on any atom is 0.129 e. The lowest BCUT2D eigenvalue weighted by Crippen LogP contribution is -2.06. The van der Waals surface area contributed by atoms with E-state index in [1.54, 1.807) is 19.5 Å². The molecule has 16 heavy (non-hydrogen) atoms. The molecule has 0 aliphatic heterocycles. The lowest BCUT2D eigenvalue weighted by atomic mass is 10.4. The maximum absolute atomic E-state index is 5.12. The van der Waals surface area contributed by atoms with E-state index in [2.05, 4.69) is 15.4 Å². The molecule has 0 fully saturated rings. The van der Waals surface area contributed by atoms with Crippen molar-refractivity contribution in [2.24, 2.45) is 7.05 Å². The topological polar surface area (TPSA) is 52.0 Å². The zero-order valence-electron chi connectivity index (χ0n) is 9.34. The quantitative estimate of drug-likeness (QED) is 0.843. The molecule has 0 saturated carbocycles. The van der Waals surface area contributed by atoms with Gasteiger partial charge in [-0.05, 0) is 12.1 Å². The molecular weight excluding hydrogens is 204 g/mol. The van der Waals surface area contributed by atoms with Crippen LogP contribution in [0.25, 0.3) is 0 Å². The predicted octanol–water partition coefficient (Wildman–Crippen LogP) is 1.44. The molecule has 2 heterocycles. The van der Waals surface area contributed by atoms with Crippen LogP contribution in [0, 0.1) is 0 Å². The zero-order chi connectivity index (χ0) is 11.4. The average molecular weight is 218 g/mol. The molecule has 0 radical (unpaired) electrons. The van der Waals surface area contributed by atoms with E-state index in [4.69, 9.17) is 4.74 Å². The molecule has 0 bridgehead atoms. The van der Waals surface area contributed by atoms with Crippen molar-refractivity contribution in [2.45, 2.75) is 6.54 Å². The fourth-order valence-electron chi connectivity index (χ4n) is 1.39. The summed E-state index contributed by atoms with van der Waals surface area (Å²) >= 11 is 0. The molecule has 5 nitrogen and oxygen atoms in total. The highest BCUT2D eigenvalue weighted by molar-refractivity contribution is 5.40. The number of nitrogens with zero attached hydrogens (tertiary/aromatic N) is 3. The van der Waals surface area contributed by atoms with Crippen LogP contribution >= 0.6 is 0 Å². The summed E-state index contributed by atoms with van der Waals surface area (Å²) in [7, 11) is 3.55. The van der Waals surface area contributed by atoms with Gasteiger partial charge < -0.3 is 10.1 Å². The maximum atomic E-state index is 5.12. The first-order chi connectivity index (χ1) is 7.79. The van der Waals surface area contributed by atoms with Crippen molar-refractivity contribution < 1.29 is 4.74 Å². The second kappa shape index (κ2) is 4.65. The summed E-state index contributed by atoms with van der Waals surface area (Å²) in [5.41, 5.74) is 1.10. The Morgan fingerprint density at radius 2 is 2.25 bits per heavy atom. The Kier molecular flexibility index (Phi) is 3.05. The van der Waals surface area contributed by atoms with Gasteiger partial charge in [0.25, 0.3) is 0 Å². The van der Waals surface area contributed by atoms with Gasteiger partial charge in [-0.15, -0.1) is 0 Å². The summed E-state index contributed by atoms with van der Waals surface area (Å²) in [4.78, 5) is 4.20. The zero-order valence-corrected chi connectivity index (χ0v) is 9.34. The molecule has 1 N–H and O–H groups in total. The van der Waals surface area contributed by atoms with E-state index < -0.39 is 0 Å². The van der Waals surface area contributed by atoms with Crippen molar-refractivity contribution in [3.63, 3.8) is 0 Å². The van der Waals surface area contributed by atoms with Gasteiger partial charge in [-0.3, -0.25) is 4.68 Å². The highest BCUT2D eigenvalue weighted by atomic mass is 16.5. The molecule has 0 aliphatic carbocycles. The second-order valence-corrected chi connectivity index (χ2v) is 3.38. The first-order valence-corrected chi connectivity index (χ1v) is 5.00. The summed E-state index contributed by atoms with van der Waals surface area (Å²) in [6.07, 6.45) is 3.49. The molecule has 2 rings (SSSR count). The van der Waals surface area contributed by atoms with Gasteiger partial charge in [-0.1, -0.05) is 0 Å². The summed E-state index contributed by atoms with van der Waals surface area (Å²) in [5.74, 6) is 1.59. The smallest absolute Gasteiger partial charge is 0.129 e. The van der Waals surface area contributed by atoms with Crippen molar-refractivity contribution in [3.8, 4) is 5.75 Å². The van der Waals surface area contributed by atoms with E-state index in [-0.39, 0.29) is 0 Å². The number of nitrogens with one attached hydrogen (secondary N) is 1. The number of hydrogen-bond donors (Lipinski definition) is 1. The van der Waals surface area contributed by atoms with Crippen molar-refractivity contribution in [1.82, 2.24) is 14.8 Å². The normalized spacial score (nSPS) is 10.1. The van der Waals surface area contributed by atoms with Gasteiger partial charge in [0, 0.05) is 25.5 Å². The molecular formula is C11H14N4O. The van der Waals surface area contributed by atoms with Gasteiger partial charge in [0.15, 0.2) is 0 Å². The number of aryl methyl sites for hydroxylation is 1. The number of methoxy groups -OCH3 is 1. The van der Waals surface area contributed by atoms with Crippen molar-refractivity contribution in [3.05, 3.63) is 36.3 Å². The van der Waals surface area contributed by atoms with Crippen LogP contribution in [0.3, 0.4) is 0 Å². The van der Waals surface area contributed by atoms with Crippen LogP contribution in [-0.4, -0.2) is 21.9 Å². The Labute approximate surface area is 94.1 Å².